The van der Waals surface area contributed by atoms with Crippen molar-refractivity contribution in [3.8, 4) is 0 Å². The van der Waals surface area contributed by atoms with Gasteiger partial charge in [0.25, 0.3) is 0 Å². The van der Waals surface area contributed by atoms with Crippen LogP contribution in [-0.4, -0.2) is 35.2 Å². The van der Waals surface area contributed by atoms with Crippen LogP contribution in [0.1, 0.15) is 64.2 Å². The van der Waals surface area contributed by atoms with Crippen LogP contribution in [0.15, 0.2) is 0 Å². The molecular formula is C14H27NO. The van der Waals surface area contributed by atoms with E-state index in [9.17, 15) is 5.11 Å². The highest BCUT2D eigenvalue weighted by Gasteiger charge is 2.30. The molecule has 0 aromatic rings. The van der Waals surface area contributed by atoms with Gasteiger partial charge in [-0.15, -0.1) is 0 Å². The van der Waals surface area contributed by atoms with Crippen LogP contribution in [-0.2, 0) is 0 Å². The van der Waals surface area contributed by atoms with Crippen molar-refractivity contribution in [3.05, 3.63) is 0 Å². The van der Waals surface area contributed by atoms with Crippen molar-refractivity contribution < 1.29 is 5.11 Å². The third kappa shape index (κ3) is 2.98. The third-order valence-electron chi connectivity index (χ3n) is 4.62. The van der Waals surface area contributed by atoms with Crippen LogP contribution in [0.25, 0.3) is 0 Å². The number of rotatable bonds is 2. The summed E-state index contributed by atoms with van der Waals surface area (Å²) >= 11 is 0. The molecule has 2 heteroatoms. The van der Waals surface area contributed by atoms with Gasteiger partial charge in [-0.25, -0.2) is 0 Å². The fourth-order valence-electron chi connectivity index (χ4n) is 3.50. The van der Waals surface area contributed by atoms with E-state index in [1.807, 2.05) is 0 Å². The molecule has 0 aromatic heterocycles. The van der Waals surface area contributed by atoms with Gasteiger partial charge in [-0.05, 0) is 32.7 Å². The van der Waals surface area contributed by atoms with E-state index < -0.39 is 0 Å². The summed E-state index contributed by atoms with van der Waals surface area (Å²) in [6.45, 7) is 0. The van der Waals surface area contributed by atoms with Crippen LogP contribution in [0, 0.1) is 0 Å². The van der Waals surface area contributed by atoms with Gasteiger partial charge in [0.2, 0.25) is 0 Å². The Balaban J connectivity index is 1.92. The smallest absolute Gasteiger partial charge is 0.0695 e. The summed E-state index contributed by atoms with van der Waals surface area (Å²) < 4.78 is 0. The Kier molecular flexibility index (Phi) is 4.66. The van der Waals surface area contributed by atoms with Crippen LogP contribution >= 0.6 is 0 Å². The number of hydrogen-bond donors (Lipinski definition) is 1. The summed E-state index contributed by atoms with van der Waals surface area (Å²) in [6, 6.07) is 1.18. The quantitative estimate of drug-likeness (QED) is 0.730. The van der Waals surface area contributed by atoms with Crippen LogP contribution in [0.3, 0.4) is 0 Å². The second-order valence-corrected chi connectivity index (χ2v) is 5.73. The normalized spacial score (nSPS) is 33.9. The Hall–Kier alpha value is -0.0800. The first kappa shape index (κ1) is 12.4. The molecule has 0 amide bonds. The highest BCUT2D eigenvalue weighted by atomic mass is 16.3. The number of aliphatic hydroxyl groups is 1. The van der Waals surface area contributed by atoms with Gasteiger partial charge in [0, 0.05) is 12.1 Å². The molecule has 2 aliphatic rings. The van der Waals surface area contributed by atoms with E-state index >= 15 is 0 Å². The molecule has 2 fully saturated rings. The molecule has 0 radical (unpaired) electrons. The highest BCUT2D eigenvalue weighted by Crippen LogP contribution is 2.28. The van der Waals surface area contributed by atoms with Crippen molar-refractivity contribution in [1.29, 1.82) is 0 Å². The zero-order valence-electron chi connectivity index (χ0n) is 10.7. The molecule has 0 aromatic carbocycles. The monoisotopic (exact) mass is 225 g/mol. The van der Waals surface area contributed by atoms with Gasteiger partial charge < -0.3 is 5.11 Å². The summed E-state index contributed by atoms with van der Waals surface area (Å²) in [7, 11) is 2.25. The molecule has 2 aliphatic carbocycles. The SMILES string of the molecule is CN(C1CCCCC1)C1CCCCCC1O. The van der Waals surface area contributed by atoms with Gasteiger partial charge in [0.05, 0.1) is 6.10 Å². The average Bonchev–Trinajstić information content (AvgIpc) is 2.54. The summed E-state index contributed by atoms with van der Waals surface area (Å²) in [5, 5.41) is 10.2. The molecular weight excluding hydrogens is 198 g/mol. The molecule has 2 nitrogen and oxygen atoms in total. The number of likely N-dealkylation sites (N-methyl/N-ethyl adjacent to an activating group) is 1. The van der Waals surface area contributed by atoms with E-state index in [2.05, 4.69) is 11.9 Å². The van der Waals surface area contributed by atoms with Gasteiger partial charge in [-0.2, -0.15) is 0 Å². The van der Waals surface area contributed by atoms with E-state index in [0.717, 1.165) is 12.5 Å². The van der Waals surface area contributed by atoms with E-state index in [1.165, 1.54) is 57.8 Å². The molecule has 1 N–H and O–H groups in total. The van der Waals surface area contributed by atoms with Crippen LogP contribution in [0.2, 0.25) is 0 Å². The third-order valence-corrected chi connectivity index (χ3v) is 4.62. The Bertz CT molecular complexity index is 201. The van der Waals surface area contributed by atoms with Crippen molar-refractivity contribution in [1.82, 2.24) is 4.90 Å². The van der Waals surface area contributed by atoms with Crippen LogP contribution < -0.4 is 0 Å². The lowest BCUT2D eigenvalue weighted by Gasteiger charge is -2.38. The minimum Gasteiger partial charge on any atom is -0.391 e. The Labute approximate surface area is 100 Å². The second-order valence-electron chi connectivity index (χ2n) is 5.73. The molecule has 0 aliphatic heterocycles. The molecule has 2 unspecified atom stereocenters. The lowest BCUT2D eigenvalue weighted by molar-refractivity contribution is 0.0265. The maximum atomic E-state index is 10.2. The van der Waals surface area contributed by atoms with E-state index in [4.69, 9.17) is 0 Å². The first-order chi connectivity index (χ1) is 7.79. The van der Waals surface area contributed by atoms with E-state index in [1.54, 1.807) is 0 Å². The zero-order valence-corrected chi connectivity index (χ0v) is 10.7. The predicted octanol–water partition coefficient (Wildman–Crippen LogP) is 2.94. The largest absolute Gasteiger partial charge is 0.391 e. The van der Waals surface area contributed by atoms with E-state index in [-0.39, 0.29) is 6.10 Å². The van der Waals surface area contributed by atoms with Gasteiger partial charge in [-0.1, -0.05) is 38.5 Å². The van der Waals surface area contributed by atoms with Crippen molar-refractivity contribution in [2.24, 2.45) is 0 Å². The molecule has 2 saturated carbocycles. The molecule has 0 bridgehead atoms. The first-order valence-electron chi connectivity index (χ1n) is 7.19. The van der Waals surface area contributed by atoms with Gasteiger partial charge >= 0.3 is 0 Å². The molecule has 2 rings (SSSR count). The maximum absolute atomic E-state index is 10.2. The van der Waals surface area contributed by atoms with Gasteiger partial charge in [-0.3, -0.25) is 4.90 Å². The average molecular weight is 225 g/mol. The highest BCUT2D eigenvalue weighted by molar-refractivity contribution is 4.85. The Morgan fingerprint density at radius 3 is 2.06 bits per heavy atom. The van der Waals surface area contributed by atoms with Crippen molar-refractivity contribution in [2.75, 3.05) is 7.05 Å². The summed E-state index contributed by atoms with van der Waals surface area (Å²) in [4.78, 5) is 2.51. The number of hydrogen-bond acceptors (Lipinski definition) is 2. The molecule has 0 saturated heterocycles. The predicted molar refractivity (Wildman–Crippen MR) is 67.5 cm³/mol. The lowest BCUT2D eigenvalue weighted by Crippen LogP contribution is -2.46. The molecule has 0 heterocycles. The fraction of sp³-hybridized carbons (Fsp3) is 1.00. The minimum absolute atomic E-state index is 0.0746. The standard InChI is InChI=1S/C14H27NO/c1-15(12-8-4-2-5-9-12)13-10-6-3-7-11-14(13)16/h12-14,16H,2-11H2,1H3. The topological polar surface area (TPSA) is 23.5 Å². The number of aliphatic hydroxyl groups excluding tert-OH is 1. The van der Waals surface area contributed by atoms with Crippen molar-refractivity contribution >= 4 is 0 Å². The minimum atomic E-state index is -0.0746. The van der Waals surface area contributed by atoms with Gasteiger partial charge in [0.15, 0.2) is 0 Å². The van der Waals surface area contributed by atoms with Crippen molar-refractivity contribution in [2.45, 2.75) is 82.4 Å². The van der Waals surface area contributed by atoms with Gasteiger partial charge in [0.1, 0.15) is 0 Å². The lowest BCUT2D eigenvalue weighted by atomic mass is 9.92. The van der Waals surface area contributed by atoms with Crippen molar-refractivity contribution in [3.63, 3.8) is 0 Å². The molecule has 16 heavy (non-hydrogen) atoms. The number of nitrogens with zero attached hydrogens (tertiary/aromatic N) is 1. The summed E-state index contributed by atoms with van der Waals surface area (Å²) in [5.74, 6) is 0. The maximum Gasteiger partial charge on any atom is 0.0695 e. The van der Waals surface area contributed by atoms with Crippen LogP contribution in [0.5, 0.6) is 0 Å². The molecule has 0 spiro atoms. The first-order valence-corrected chi connectivity index (χ1v) is 7.19. The van der Waals surface area contributed by atoms with Crippen LogP contribution in [0.4, 0.5) is 0 Å². The summed E-state index contributed by atoms with van der Waals surface area (Å²) in [5.41, 5.74) is 0. The molecule has 2 atom stereocenters. The Morgan fingerprint density at radius 2 is 1.38 bits per heavy atom. The summed E-state index contributed by atoms with van der Waals surface area (Å²) in [6.07, 6.45) is 12.9. The van der Waals surface area contributed by atoms with E-state index in [0.29, 0.717) is 6.04 Å². The molecule has 94 valence electrons. The second kappa shape index (κ2) is 6.02. The Morgan fingerprint density at radius 1 is 0.812 bits per heavy atom. The fourth-order valence-corrected chi connectivity index (χ4v) is 3.50. The zero-order chi connectivity index (χ0) is 11.4.